The second-order valence-electron chi connectivity index (χ2n) is 11.7. The van der Waals surface area contributed by atoms with Gasteiger partial charge in [-0.1, -0.05) is 17.2 Å². The molecule has 1 atom stereocenters. The maximum atomic E-state index is 12.9. The molecule has 2 N–H and O–H groups in total. The standard InChI is InChI=1S/C28H37BN6O5S/c1-16(40-26(37)28(2,3)4)25(36)34-8-5-17(6-9-34)7-10-35-24-22(23(30)31-15-32-24)33-27(35)41-21-14-20-19(13-18(21)29)38-11-12-39-20/h13-17H,5-12,29H2,1-4H3,(H2,30,31,32)/t16-/m1/s1. The Bertz CT molecular complexity index is 1450. The summed E-state index contributed by atoms with van der Waals surface area (Å²) in [6.45, 7) is 10.0. The third-order valence-electron chi connectivity index (χ3n) is 7.50. The number of anilines is 1. The molecule has 5 rings (SSSR count). The molecule has 11 nitrogen and oxygen atoms in total. The monoisotopic (exact) mass is 580 g/mol. The van der Waals surface area contributed by atoms with Crippen molar-refractivity contribution in [3.63, 3.8) is 0 Å². The van der Waals surface area contributed by atoms with E-state index in [9.17, 15) is 9.59 Å². The third kappa shape index (κ3) is 6.39. The number of carbonyl (C=O) groups is 2. The second kappa shape index (κ2) is 11.8. The smallest absolute Gasteiger partial charge is 0.311 e. The van der Waals surface area contributed by atoms with Gasteiger partial charge in [-0.2, -0.15) is 0 Å². The Morgan fingerprint density at radius 1 is 1.17 bits per heavy atom. The fourth-order valence-electron chi connectivity index (χ4n) is 4.99. The van der Waals surface area contributed by atoms with Crippen molar-refractivity contribution in [2.24, 2.45) is 11.3 Å². The molecule has 0 bridgehead atoms. The van der Waals surface area contributed by atoms with Gasteiger partial charge in [0.15, 0.2) is 39.7 Å². The van der Waals surface area contributed by atoms with Gasteiger partial charge in [0, 0.05) is 24.5 Å². The number of likely N-dealkylation sites (tertiary alicyclic amines) is 1. The number of nitrogens with zero attached hydrogens (tertiary/aromatic N) is 5. The van der Waals surface area contributed by atoms with Crippen molar-refractivity contribution in [1.82, 2.24) is 24.4 Å². The number of nitrogens with two attached hydrogens (primary N) is 1. The molecule has 3 aromatic rings. The molecular formula is C28H37BN6O5S. The first-order valence-electron chi connectivity index (χ1n) is 14.1. The maximum absolute atomic E-state index is 12.9. The van der Waals surface area contributed by atoms with Crippen LogP contribution in [0.4, 0.5) is 5.82 Å². The first-order valence-corrected chi connectivity index (χ1v) is 14.9. The predicted molar refractivity (Wildman–Crippen MR) is 158 cm³/mol. The van der Waals surface area contributed by atoms with Crippen LogP contribution in [0.2, 0.25) is 0 Å². The molecule has 4 heterocycles. The molecule has 2 aromatic heterocycles. The van der Waals surface area contributed by atoms with Crippen LogP contribution in [0.5, 0.6) is 11.5 Å². The van der Waals surface area contributed by atoms with Crippen LogP contribution in [0.1, 0.15) is 47.0 Å². The van der Waals surface area contributed by atoms with Gasteiger partial charge in [0.1, 0.15) is 27.4 Å². The highest BCUT2D eigenvalue weighted by Crippen LogP contribution is 2.37. The average Bonchev–Trinajstić information content (AvgIpc) is 3.29. The molecule has 1 aromatic carbocycles. The number of hydrogen-bond donors (Lipinski definition) is 1. The SMILES string of the molecule is Bc1cc2c(cc1Sc1nc3c(N)ncnc3n1CCC1CCN(C(=O)[C@@H](C)OC(=O)C(C)(C)C)CC1)OCCO2. The summed E-state index contributed by atoms with van der Waals surface area (Å²) in [5.41, 5.74) is 7.89. The van der Waals surface area contributed by atoms with Gasteiger partial charge >= 0.3 is 5.97 Å². The van der Waals surface area contributed by atoms with Crippen molar-refractivity contribution in [2.45, 2.75) is 69.7 Å². The zero-order chi connectivity index (χ0) is 29.3. The lowest BCUT2D eigenvalue weighted by atomic mass is 9.93. The van der Waals surface area contributed by atoms with Crippen LogP contribution in [0, 0.1) is 11.3 Å². The Kier molecular flexibility index (Phi) is 8.35. The molecule has 0 radical (unpaired) electrons. The van der Waals surface area contributed by atoms with Crippen LogP contribution in [-0.4, -0.2) is 76.5 Å². The minimum atomic E-state index is -0.788. The maximum Gasteiger partial charge on any atom is 0.311 e. The van der Waals surface area contributed by atoms with E-state index in [-0.39, 0.29) is 11.9 Å². The van der Waals surface area contributed by atoms with Crippen LogP contribution < -0.4 is 20.7 Å². The predicted octanol–water partition coefficient (Wildman–Crippen LogP) is 2.20. The Balaban J connectivity index is 1.26. The zero-order valence-corrected chi connectivity index (χ0v) is 25.1. The Morgan fingerprint density at radius 2 is 1.85 bits per heavy atom. The quantitative estimate of drug-likeness (QED) is 0.327. The summed E-state index contributed by atoms with van der Waals surface area (Å²) in [5, 5.41) is 0.786. The molecule has 1 fully saturated rings. The molecule has 0 aliphatic carbocycles. The lowest BCUT2D eigenvalue weighted by molar-refractivity contribution is -0.166. The van der Waals surface area contributed by atoms with E-state index in [2.05, 4.69) is 14.5 Å². The average molecular weight is 581 g/mol. The lowest BCUT2D eigenvalue weighted by Crippen LogP contribution is -2.45. The Labute approximate surface area is 244 Å². The molecule has 0 saturated carbocycles. The number of rotatable bonds is 7. The van der Waals surface area contributed by atoms with E-state index < -0.39 is 11.5 Å². The van der Waals surface area contributed by atoms with Crippen LogP contribution in [0.3, 0.4) is 0 Å². The largest absolute Gasteiger partial charge is 0.486 e. The van der Waals surface area contributed by atoms with E-state index in [0.717, 1.165) is 46.3 Å². The minimum Gasteiger partial charge on any atom is -0.486 e. The highest BCUT2D eigenvalue weighted by Gasteiger charge is 2.31. The third-order valence-corrected chi connectivity index (χ3v) is 8.65. The van der Waals surface area contributed by atoms with E-state index >= 15 is 0 Å². The number of amides is 1. The highest BCUT2D eigenvalue weighted by molar-refractivity contribution is 7.99. The molecular weight excluding hydrogens is 543 g/mol. The molecule has 1 saturated heterocycles. The normalized spacial score (nSPS) is 16.5. The number of fused-ring (bicyclic) bond motifs is 2. The molecule has 218 valence electrons. The van der Waals surface area contributed by atoms with Gasteiger partial charge < -0.3 is 29.4 Å². The number of nitrogen functional groups attached to an aromatic ring is 1. The van der Waals surface area contributed by atoms with Crippen molar-refractivity contribution in [3.05, 3.63) is 18.5 Å². The van der Waals surface area contributed by atoms with Crippen molar-refractivity contribution in [1.29, 1.82) is 0 Å². The Hall–Kier alpha value is -3.48. The topological polar surface area (TPSA) is 135 Å². The summed E-state index contributed by atoms with van der Waals surface area (Å²) < 4.78 is 19.1. The first kappa shape index (κ1) is 29.0. The number of hydrogen-bond acceptors (Lipinski definition) is 10. The van der Waals surface area contributed by atoms with Crippen LogP contribution in [0.15, 0.2) is 28.5 Å². The molecule has 41 heavy (non-hydrogen) atoms. The number of carbonyl (C=O) groups excluding carboxylic acids is 2. The van der Waals surface area contributed by atoms with Gasteiger partial charge in [0.2, 0.25) is 0 Å². The molecule has 13 heteroatoms. The van der Waals surface area contributed by atoms with E-state index in [0.29, 0.717) is 55.7 Å². The van der Waals surface area contributed by atoms with Gasteiger partial charge in [-0.3, -0.25) is 9.59 Å². The van der Waals surface area contributed by atoms with Gasteiger partial charge in [-0.25, -0.2) is 15.0 Å². The number of esters is 1. The number of aryl methyl sites for hydroxylation is 1. The number of piperidine rings is 1. The van der Waals surface area contributed by atoms with Crippen LogP contribution >= 0.6 is 11.8 Å². The molecule has 0 spiro atoms. The second-order valence-corrected chi connectivity index (χ2v) is 12.7. The number of imidazole rings is 1. The summed E-state index contributed by atoms with van der Waals surface area (Å²) in [5.74, 6) is 1.76. The summed E-state index contributed by atoms with van der Waals surface area (Å²) >= 11 is 1.55. The highest BCUT2D eigenvalue weighted by atomic mass is 32.2. The summed E-state index contributed by atoms with van der Waals surface area (Å²) in [7, 11) is 2.04. The van der Waals surface area contributed by atoms with E-state index in [1.54, 1.807) is 39.5 Å². The summed E-state index contributed by atoms with van der Waals surface area (Å²) in [6, 6.07) is 4.00. The van der Waals surface area contributed by atoms with Crippen molar-refractivity contribution < 1.29 is 23.8 Å². The summed E-state index contributed by atoms with van der Waals surface area (Å²) in [6.07, 6.45) is 3.33. The summed E-state index contributed by atoms with van der Waals surface area (Å²) in [4.78, 5) is 41.4. The molecule has 2 aliphatic rings. The van der Waals surface area contributed by atoms with Gasteiger partial charge in [-0.15, -0.1) is 0 Å². The Morgan fingerprint density at radius 3 is 2.54 bits per heavy atom. The fraction of sp³-hybridized carbons (Fsp3) is 0.536. The number of benzene rings is 1. The fourth-order valence-corrected chi connectivity index (χ4v) is 6.00. The van der Waals surface area contributed by atoms with Gasteiger partial charge in [-0.05, 0) is 65.0 Å². The molecule has 1 amide bonds. The van der Waals surface area contributed by atoms with Crippen LogP contribution in [-0.2, 0) is 20.9 Å². The minimum absolute atomic E-state index is 0.137. The van der Waals surface area contributed by atoms with Crippen LogP contribution in [0.25, 0.3) is 11.2 Å². The number of ether oxygens (including phenoxy) is 3. The molecule has 0 unspecified atom stereocenters. The van der Waals surface area contributed by atoms with Gasteiger partial charge in [0.05, 0.1) is 5.41 Å². The molecule has 2 aliphatic heterocycles. The van der Waals surface area contributed by atoms with Crippen molar-refractivity contribution >= 4 is 53.9 Å². The van der Waals surface area contributed by atoms with Crippen molar-refractivity contribution in [3.8, 4) is 11.5 Å². The van der Waals surface area contributed by atoms with E-state index in [4.69, 9.17) is 24.9 Å². The number of aromatic nitrogens is 4. The van der Waals surface area contributed by atoms with Gasteiger partial charge in [0.25, 0.3) is 5.91 Å². The van der Waals surface area contributed by atoms with Crippen molar-refractivity contribution in [2.75, 3.05) is 32.0 Å². The van der Waals surface area contributed by atoms with E-state index in [1.807, 2.05) is 24.9 Å². The lowest BCUT2D eigenvalue weighted by Gasteiger charge is -2.34. The zero-order valence-electron chi connectivity index (χ0n) is 24.3. The van der Waals surface area contributed by atoms with E-state index in [1.165, 1.54) is 6.33 Å². The first-order chi connectivity index (χ1) is 19.5.